The highest BCUT2D eigenvalue weighted by Crippen LogP contribution is 2.24. The van der Waals surface area contributed by atoms with Crippen molar-refractivity contribution >= 4 is 0 Å². The molecule has 0 heterocycles. The highest BCUT2D eigenvalue weighted by molar-refractivity contribution is 5.29. The summed E-state index contributed by atoms with van der Waals surface area (Å²) in [5.74, 6) is 0.958. The molecule has 1 N–H and O–H groups in total. The van der Waals surface area contributed by atoms with E-state index in [1.54, 1.807) is 0 Å². The Kier molecular flexibility index (Phi) is 3.27. The van der Waals surface area contributed by atoms with Crippen molar-refractivity contribution < 1.29 is 4.74 Å². The molecule has 1 unspecified atom stereocenters. The Balaban J connectivity index is 1.95. The van der Waals surface area contributed by atoms with E-state index in [0.29, 0.717) is 6.04 Å². The Bertz CT molecular complexity index is 303. The van der Waals surface area contributed by atoms with Crippen LogP contribution in [0.25, 0.3) is 0 Å². The molecule has 1 aromatic carbocycles. The van der Waals surface area contributed by atoms with E-state index in [1.807, 2.05) is 19.1 Å². The predicted octanol–water partition coefficient (Wildman–Crippen LogP) is 2.90. The van der Waals surface area contributed by atoms with Gasteiger partial charge in [0.15, 0.2) is 0 Å². The van der Waals surface area contributed by atoms with Crippen molar-refractivity contribution in [1.82, 2.24) is 5.32 Å². The molecule has 0 bridgehead atoms. The van der Waals surface area contributed by atoms with E-state index >= 15 is 0 Å². The van der Waals surface area contributed by atoms with Crippen LogP contribution in [0.4, 0.5) is 0 Å². The molecule has 1 atom stereocenters. The zero-order chi connectivity index (χ0) is 10.7. The van der Waals surface area contributed by atoms with Crippen LogP contribution in [0.3, 0.4) is 0 Å². The predicted molar refractivity (Wildman–Crippen MR) is 62.2 cm³/mol. The van der Waals surface area contributed by atoms with E-state index in [1.165, 1.54) is 18.4 Å². The van der Waals surface area contributed by atoms with Gasteiger partial charge in [0.2, 0.25) is 0 Å². The second-order valence-corrected chi connectivity index (χ2v) is 4.16. The fraction of sp³-hybridized carbons (Fsp3) is 0.538. The summed E-state index contributed by atoms with van der Waals surface area (Å²) in [7, 11) is 0. The molecule has 15 heavy (non-hydrogen) atoms. The van der Waals surface area contributed by atoms with Crippen molar-refractivity contribution in [2.45, 2.75) is 38.8 Å². The molecular weight excluding hydrogens is 186 g/mol. The van der Waals surface area contributed by atoms with Crippen LogP contribution in [0.2, 0.25) is 0 Å². The van der Waals surface area contributed by atoms with E-state index in [2.05, 4.69) is 24.4 Å². The minimum atomic E-state index is 0.452. The molecule has 2 nitrogen and oxygen atoms in total. The highest BCUT2D eigenvalue weighted by atomic mass is 16.5. The van der Waals surface area contributed by atoms with Gasteiger partial charge >= 0.3 is 0 Å². The smallest absolute Gasteiger partial charge is 0.119 e. The third kappa shape index (κ3) is 2.96. The monoisotopic (exact) mass is 205 g/mol. The number of rotatable bonds is 5. The van der Waals surface area contributed by atoms with Gasteiger partial charge in [-0.15, -0.1) is 0 Å². The molecule has 0 aromatic heterocycles. The quantitative estimate of drug-likeness (QED) is 0.798. The summed E-state index contributed by atoms with van der Waals surface area (Å²) in [6.07, 6.45) is 2.67. The summed E-state index contributed by atoms with van der Waals surface area (Å²) in [4.78, 5) is 0. The largest absolute Gasteiger partial charge is 0.494 e. The topological polar surface area (TPSA) is 21.3 Å². The highest BCUT2D eigenvalue weighted by Gasteiger charge is 2.23. The number of hydrogen-bond acceptors (Lipinski definition) is 2. The van der Waals surface area contributed by atoms with E-state index in [9.17, 15) is 0 Å². The summed E-state index contributed by atoms with van der Waals surface area (Å²) in [5, 5.41) is 3.58. The molecule has 1 saturated carbocycles. The summed E-state index contributed by atoms with van der Waals surface area (Å²) in [5.41, 5.74) is 1.34. The summed E-state index contributed by atoms with van der Waals surface area (Å²) < 4.78 is 5.41. The van der Waals surface area contributed by atoms with Gasteiger partial charge < -0.3 is 10.1 Å². The molecule has 0 saturated heterocycles. The maximum Gasteiger partial charge on any atom is 0.119 e. The zero-order valence-electron chi connectivity index (χ0n) is 9.49. The number of benzene rings is 1. The van der Waals surface area contributed by atoms with Gasteiger partial charge in [-0.1, -0.05) is 12.1 Å². The van der Waals surface area contributed by atoms with Crippen molar-refractivity contribution in [3.8, 4) is 5.75 Å². The number of ether oxygens (including phenoxy) is 1. The van der Waals surface area contributed by atoms with Crippen LogP contribution in [-0.2, 0) is 0 Å². The SMILES string of the molecule is CCOc1ccc(C(C)NC2CC2)cc1. The van der Waals surface area contributed by atoms with Crippen LogP contribution in [0, 0.1) is 0 Å². The maximum absolute atomic E-state index is 5.41. The second-order valence-electron chi connectivity index (χ2n) is 4.16. The van der Waals surface area contributed by atoms with Gasteiger partial charge in [-0.25, -0.2) is 0 Å². The van der Waals surface area contributed by atoms with Gasteiger partial charge in [0.05, 0.1) is 6.61 Å². The van der Waals surface area contributed by atoms with Gasteiger partial charge in [-0.05, 0) is 44.4 Å². The van der Waals surface area contributed by atoms with Crippen LogP contribution in [0.5, 0.6) is 5.75 Å². The Morgan fingerprint density at radius 2 is 2.00 bits per heavy atom. The normalized spacial score (nSPS) is 17.5. The minimum absolute atomic E-state index is 0.452. The minimum Gasteiger partial charge on any atom is -0.494 e. The third-order valence-electron chi connectivity index (χ3n) is 2.75. The first-order chi connectivity index (χ1) is 7.29. The zero-order valence-corrected chi connectivity index (χ0v) is 9.49. The molecule has 1 aliphatic rings. The average Bonchev–Trinajstić information content (AvgIpc) is 3.03. The molecule has 0 radical (unpaired) electrons. The maximum atomic E-state index is 5.41. The van der Waals surface area contributed by atoms with Crippen LogP contribution in [0.1, 0.15) is 38.3 Å². The number of hydrogen-bond donors (Lipinski definition) is 1. The average molecular weight is 205 g/mol. The first kappa shape index (κ1) is 10.5. The Labute approximate surface area is 91.6 Å². The first-order valence-electron chi connectivity index (χ1n) is 5.78. The lowest BCUT2D eigenvalue weighted by atomic mass is 10.1. The fourth-order valence-electron chi connectivity index (χ4n) is 1.72. The van der Waals surface area contributed by atoms with Gasteiger partial charge in [0, 0.05) is 12.1 Å². The van der Waals surface area contributed by atoms with Crippen molar-refractivity contribution in [1.29, 1.82) is 0 Å². The Hall–Kier alpha value is -1.02. The molecule has 0 spiro atoms. The van der Waals surface area contributed by atoms with Crippen LogP contribution < -0.4 is 10.1 Å². The molecule has 2 heteroatoms. The van der Waals surface area contributed by atoms with Crippen LogP contribution >= 0.6 is 0 Å². The molecule has 2 rings (SSSR count). The molecule has 0 aliphatic heterocycles. The molecular formula is C13H19NO. The van der Waals surface area contributed by atoms with Crippen molar-refractivity contribution in [3.05, 3.63) is 29.8 Å². The van der Waals surface area contributed by atoms with Gasteiger partial charge in [0.1, 0.15) is 5.75 Å². The third-order valence-corrected chi connectivity index (χ3v) is 2.75. The lowest BCUT2D eigenvalue weighted by Gasteiger charge is -2.14. The summed E-state index contributed by atoms with van der Waals surface area (Å²) in [6.45, 7) is 4.95. The van der Waals surface area contributed by atoms with E-state index in [0.717, 1.165) is 18.4 Å². The van der Waals surface area contributed by atoms with Crippen molar-refractivity contribution in [2.75, 3.05) is 6.61 Å². The molecule has 1 aromatic rings. The molecule has 0 amide bonds. The number of nitrogens with one attached hydrogen (secondary N) is 1. The standard InChI is InChI=1S/C13H19NO/c1-3-15-13-8-4-11(5-9-13)10(2)14-12-6-7-12/h4-5,8-10,12,14H,3,6-7H2,1-2H3. The van der Waals surface area contributed by atoms with Crippen molar-refractivity contribution in [2.24, 2.45) is 0 Å². The molecule has 1 fully saturated rings. The Morgan fingerprint density at radius 1 is 1.33 bits per heavy atom. The van der Waals surface area contributed by atoms with Gasteiger partial charge in [0.25, 0.3) is 0 Å². The lowest BCUT2D eigenvalue weighted by Crippen LogP contribution is -2.20. The Morgan fingerprint density at radius 3 is 2.53 bits per heavy atom. The molecule has 82 valence electrons. The van der Waals surface area contributed by atoms with E-state index in [4.69, 9.17) is 4.74 Å². The summed E-state index contributed by atoms with van der Waals surface area (Å²) in [6, 6.07) is 9.59. The van der Waals surface area contributed by atoms with Gasteiger partial charge in [-0.2, -0.15) is 0 Å². The fourth-order valence-corrected chi connectivity index (χ4v) is 1.72. The second kappa shape index (κ2) is 4.67. The van der Waals surface area contributed by atoms with Gasteiger partial charge in [-0.3, -0.25) is 0 Å². The van der Waals surface area contributed by atoms with Crippen LogP contribution in [-0.4, -0.2) is 12.6 Å². The lowest BCUT2D eigenvalue weighted by molar-refractivity contribution is 0.340. The summed E-state index contributed by atoms with van der Waals surface area (Å²) >= 11 is 0. The van der Waals surface area contributed by atoms with E-state index in [-0.39, 0.29) is 0 Å². The van der Waals surface area contributed by atoms with Crippen molar-refractivity contribution in [3.63, 3.8) is 0 Å². The van der Waals surface area contributed by atoms with Crippen LogP contribution in [0.15, 0.2) is 24.3 Å². The first-order valence-corrected chi connectivity index (χ1v) is 5.78. The molecule has 1 aliphatic carbocycles. The van der Waals surface area contributed by atoms with E-state index < -0.39 is 0 Å².